The predicted octanol–water partition coefficient (Wildman–Crippen LogP) is -0.866. The molecule has 1 heterocycles. The topological polar surface area (TPSA) is 118 Å². The molecule has 0 bridgehead atoms. The number of anilines is 1. The van der Waals surface area contributed by atoms with Crippen LogP contribution in [0.1, 0.15) is 51.9 Å². The van der Waals surface area contributed by atoms with Crippen molar-refractivity contribution in [2.75, 3.05) is 12.0 Å². The standard InChI is InChI=1S/C17H24N2O7.Na/c1-16(2,3)25-14(22)19(15(23)26-17(4,5)6)12-11(24-7)8-10(9-18-12)13(20)21;/h8-9H,1-7H3,(H,20,21);/q;+1/p-1. The molecular weight excluding hydrogens is 367 g/mol. The predicted molar refractivity (Wildman–Crippen MR) is 90.1 cm³/mol. The van der Waals surface area contributed by atoms with E-state index in [1.54, 1.807) is 41.5 Å². The summed E-state index contributed by atoms with van der Waals surface area (Å²) in [5, 5.41) is 11.0. The Bertz CT molecular complexity index is 680. The van der Waals surface area contributed by atoms with Gasteiger partial charge >= 0.3 is 41.7 Å². The maximum Gasteiger partial charge on any atom is 1.00 e. The van der Waals surface area contributed by atoms with E-state index in [0.717, 1.165) is 12.3 Å². The number of nitrogens with zero attached hydrogens (tertiary/aromatic N) is 2. The van der Waals surface area contributed by atoms with Crippen LogP contribution < -0.4 is 44.3 Å². The number of hydrogen-bond donors (Lipinski definition) is 0. The first-order valence-electron chi connectivity index (χ1n) is 7.76. The number of ether oxygens (including phenoxy) is 3. The Morgan fingerprint density at radius 2 is 1.44 bits per heavy atom. The summed E-state index contributed by atoms with van der Waals surface area (Å²) in [5.41, 5.74) is -2.07. The van der Waals surface area contributed by atoms with E-state index in [1.165, 1.54) is 7.11 Å². The van der Waals surface area contributed by atoms with Crippen LogP contribution in [0.2, 0.25) is 0 Å². The van der Waals surface area contributed by atoms with Gasteiger partial charge in [-0.25, -0.2) is 14.6 Å². The van der Waals surface area contributed by atoms with Crippen LogP contribution in [0.15, 0.2) is 12.3 Å². The van der Waals surface area contributed by atoms with E-state index >= 15 is 0 Å². The minimum Gasteiger partial charge on any atom is -0.545 e. The number of carbonyl (C=O) groups is 3. The summed E-state index contributed by atoms with van der Waals surface area (Å²) in [6, 6.07) is 1.08. The summed E-state index contributed by atoms with van der Waals surface area (Å²) >= 11 is 0. The molecule has 0 atom stereocenters. The van der Waals surface area contributed by atoms with E-state index in [4.69, 9.17) is 14.2 Å². The molecule has 0 aliphatic carbocycles. The Morgan fingerprint density at radius 3 is 1.78 bits per heavy atom. The molecule has 0 N–H and O–H groups in total. The van der Waals surface area contributed by atoms with Crippen LogP contribution >= 0.6 is 0 Å². The van der Waals surface area contributed by atoms with Crippen LogP contribution in [0.5, 0.6) is 5.75 Å². The molecule has 0 radical (unpaired) electrons. The van der Waals surface area contributed by atoms with Gasteiger partial charge in [-0.2, -0.15) is 4.90 Å². The van der Waals surface area contributed by atoms with E-state index in [1.807, 2.05) is 0 Å². The van der Waals surface area contributed by atoms with Gasteiger partial charge in [0, 0.05) is 11.8 Å². The smallest absolute Gasteiger partial charge is 0.545 e. The van der Waals surface area contributed by atoms with Crippen LogP contribution in [0.3, 0.4) is 0 Å². The quantitative estimate of drug-likeness (QED) is 0.612. The second kappa shape index (κ2) is 9.38. The molecule has 10 heteroatoms. The van der Waals surface area contributed by atoms with Crippen LogP contribution in [0.25, 0.3) is 0 Å². The number of carbonyl (C=O) groups excluding carboxylic acids is 3. The monoisotopic (exact) mass is 390 g/mol. The largest absolute Gasteiger partial charge is 1.00 e. The van der Waals surface area contributed by atoms with E-state index in [9.17, 15) is 19.5 Å². The van der Waals surface area contributed by atoms with E-state index in [2.05, 4.69) is 4.98 Å². The van der Waals surface area contributed by atoms with Gasteiger partial charge in [0.2, 0.25) is 0 Å². The average molecular weight is 390 g/mol. The van der Waals surface area contributed by atoms with Crippen LogP contribution in [0, 0.1) is 0 Å². The van der Waals surface area contributed by atoms with E-state index < -0.39 is 29.4 Å². The third-order valence-electron chi connectivity index (χ3n) is 2.65. The number of methoxy groups -OCH3 is 1. The van der Waals surface area contributed by atoms with E-state index in [-0.39, 0.29) is 46.7 Å². The maximum atomic E-state index is 12.6. The molecule has 0 fully saturated rings. The van der Waals surface area contributed by atoms with Crippen LogP contribution in [0.4, 0.5) is 15.4 Å². The first-order valence-corrected chi connectivity index (χ1v) is 7.76. The van der Waals surface area contributed by atoms with Crippen LogP contribution in [-0.4, -0.2) is 41.5 Å². The van der Waals surface area contributed by atoms with Gasteiger partial charge in [0.25, 0.3) is 0 Å². The fourth-order valence-electron chi connectivity index (χ4n) is 1.73. The first kappa shape index (κ1) is 25.2. The van der Waals surface area contributed by atoms with Gasteiger partial charge in [0.1, 0.15) is 11.2 Å². The van der Waals surface area contributed by atoms with Gasteiger partial charge in [-0.3, -0.25) is 0 Å². The fourth-order valence-corrected chi connectivity index (χ4v) is 1.73. The van der Waals surface area contributed by atoms with E-state index in [0.29, 0.717) is 4.90 Å². The molecule has 144 valence electrons. The number of imide groups is 1. The Balaban J connectivity index is 0.00000676. The van der Waals surface area contributed by atoms with Gasteiger partial charge in [0.15, 0.2) is 11.6 Å². The Hall–Kier alpha value is -1.84. The van der Waals surface area contributed by atoms with Gasteiger partial charge in [-0.1, -0.05) is 0 Å². The molecule has 0 spiro atoms. The zero-order chi connectivity index (χ0) is 20.3. The Morgan fingerprint density at radius 1 is 1.00 bits per heavy atom. The summed E-state index contributed by atoms with van der Waals surface area (Å²) in [6.07, 6.45) is -1.15. The number of carboxylic acids is 1. The molecule has 1 aromatic rings. The molecule has 1 rings (SSSR count). The summed E-state index contributed by atoms with van der Waals surface area (Å²) in [4.78, 5) is 40.5. The number of aromatic carboxylic acids is 1. The third kappa shape index (κ3) is 7.74. The normalized spacial score (nSPS) is 11.1. The van der Waals surface area contributed by atoms with Crippen molar-refractivity contribution in [2.24, 2.45) is 0 Å². The van der Waals surface area contributed by atoms with Crippen molar-refractivity contribution in [2.45, 2.75) is 52.7 Å². The number of hydrogen-bond acceptors (Lipinski definition) is 8. The van der Waals surface area contributed by atoms with Gasteiger partial charge in [-0.15, -0.1) is 0 Å². The third-order valence-corrected chi connectivity index (χ3v) is 2.65. The number of pyridine rings is 1. The van der Waals surface area contributed by atoms with Crippen molar-refractivity contribution >= 4 is 24.0 Å². The molecule has 0 saturated heterocycles. The van der Waals surface area contributed by atoms with Crippen molar-refractivity contribution in [3.05, 3.63) is 17.8 Å². The van der Waals surface area contributed by atoms with Crippen molar-refractivity contribution in [1.82, 2.24) is 4.98 Å². The van der Waals surface area contributed by atoms with Gasteiger partial charge in [-0.05, 0) is 47.6 Å². The summed E-state index contributed by atoms with van der Waals surface area (Å²) in [7, 11) is 1.24. The summed E-state index contributed by atoms with van der Waals surface area (Å²) in [5.74, 6) is -1.88. The SMILES string of the molecule is COc1cc(C(=O)[O-])cnc1N(C(=O)OC(C)(C)C)C(=O)OC(C)(C)C.[Na+]. The molecule has 0 saturated carbocycles. The molecule has 0 aliphatic rings. The van der Waals surface area contributed by atoms with Crippen molar-refractivity contribution in [1.29, 1.82) is 0 Å². The minimum absolute atomic E-state index is 0. The molecule has 9 nitrogen and oxygen atoms in total. The zero-order valence-electron chi connectivity index (χ0n) is 16.9. The average Bonchev–Trinajstić information content (AvgIpc) is 2.43. The number of carboxylic acid groups (broad SMARTS) is 1. The molecule has 0 aromatic carbocycles. The number of rotatable bonds is 3. The zero-order valence-corrected chi connectivity index (χ0v) is 18.9. The second-order valence-electron chi connectivity index (χ2n) is 7.33. The maximum absolute atomic E-state index is 12.6. The Labute approximate surface area is 180 Å². The van der Waals surface area contributed by atoms with Crippen molar-refractivity contribution in [3.63, 3.8) is 0 Å². The number of amides is 2. The Kier molecular flexibility index (Phi) is 8.75. The molecule has 1 aromatic heterocycles. The number of aromatic nitrogens is 1. The van der Waals surface area contributed by atoms with Gasteiger partial charge in [0.05, 0.1) is 13.1 Å². The summed E-state index contributed by atoms with van der Waals surface area (Å²) < 4.78 is 15.5. The molecule has 0 unspecified atom stereocenters. The molecule has 0 aliphatic heterocycles. The van der Waals surface area contributed by atoms with Crippen LogP contribution in [-0.2, 0) is 9.47 Å². The first-order chi connectivity index (χ1) is 11.7. The minimum atomic E-state index is -1.48. The fraction of sp³-hybridized carbons (Fsp3) is 0.529. The van der Waals surface area contributed by atoms with Crippen molar-refractivity contribution < 1.29 is 63.3 Å². The molecule has 2 amide bonds. The molecule has 27 heavy (non-hydrogen) atoms. The van der Waals surface area contributed by atoms with Gasteiger partial charge < -0.3 is 24.1 Å². The van der Waals surface area contributed by atoms with Crippen molar-refractivity contribution in [3.8, 4) is 5.75 Å². The summed E-state index contributed by atoms with van der Waals surface area (Å²) in [6.45, 7) is 9.76. The second-order valence-corrected chi connectivity index (χ2v) is 7.33. The molecular formula is C17H23N2NaO7.